The Morgan fingerprint density at radius 2 is 1.94 bits per heavy atom. The van der Waals surface area contributed by atoms with Crippen molar-refractivity contribution in [2.75, 3.05) is 19.7 Å². The second-order valence-electron chi connectivity index (χ2n) is 4.44. The lowest BCUT2D eigenvalue weighted by molar-refractivity contribution is 0.199. The molecule has 1 heterocycles. The number of piperidine rings is 1. The van der Waals surface area contributed by atoms with Crippen LogP contribution in [0.15, 0.2) is 24.3 Å². The molecule has 1 aromatic carbocycles. The Kier molecular flexibility index (Phi) is 3.80. The lowest BCUT2D eigenvalue weighted by atomic mass is 9.80. The lowest BCUT2D eigenvalue weighted by Gasteiger charge is -2.30. The minimum Gasteiger partial charge on any atom is -0.508 e. The third-order valence-electron chi connectivity index (χ3n) is 3.49. The van der Waals surface area contributed by atoms with Crippen LogP contribution in [0.5, 0.6) is 5.75 Å². The molecule has 0 aromatic heterocycles. The number of aromatic hydroxyl groups is 1. The maximum absolute atomic E-state index is 9.82. The Labute approximate surface area is 96.1 Å². The van der Waals surface area contributed by atoms with Crippen molar-refractivity contribution in [1.82, 2.24) is 5.32 Å². The summed E-state index contributed by atoms with van der Waals surface area (Å²) < 4.78 is 0. The maximum Gasteiger partial charge on any atom is 0.119 e. The molecule has 1 aromatic rings. The molecule has 3 N–H and O–H groups in total. The van der Waals surface area contributed by atoms with Gasteiger partial charge < -0.3 is 15.5 Å². The normalized spacial score (nSPS) is 19.6. The fraction of sp³-hybridized carbons (Fsp3) is 0.538. The summed E-state index contributed by atoms with van der Waals surface area (Å²) in [6, 6.07) is 7.34. The van der Waals surface area contributed by atoms with E-state index >= 15 is 0 Å². The topological polar surface area (TPSA) is 52.5 Å². The molecule has 0 spiro atoms. The largest absolute Gasteiger partial charge is 0.508 e. The van der Waals surface area contributed by atoms with Crippen molar-refractivity contribution in [1.29, 1.82) is 0 Å². The first-order valence-corrected chi connectivity index (χ1v) is 5.92. The molecule has 3 nitrogen and oxygen atoms in total. The highest BCUT2D eigenvalue weighted by Gasteiger charge is 2.25. The van der Waals surface area contributed by atoms with E-state index in [0.717, 1.165) is 31.5 Å². The second-order valence-corrected chi connectivity index (χ2v) is 4.44. The quantitative estimate of drug-likeness (QED) is 0.724. The smallest absolute Gasteiger partial charge is 0.119 e. The van der Waals surface area contributed by atoms with E-state index in [4.69, 9.17) is 0 Å². The molecule has 1 atom stereocenters. The minimum atomic E-state index is 0.0725. The molecular formula is C13H19NO2. The van der Waals surface area contributed by atoms with Crippen LogP contribution in [-0.4, -0.2) is 29.9 Å². The van der Waals surface area contributed by atoms with Crippen LogP contribution >= 0.6 is 0 Å². The Morgan fingerprint density at radius 1 is 1.25 bits per heavy atom. The first kappa shape index (κ1) is 11.4. The van der Waals surface area contributed by atoms with E-state index in [9.17, 15) is 10.2 Å². The summed E-state index contributed by atoms with van der Waals surface area (Å²) in [5, 5.41) is 22.7. The van der Waals surface area contributed by atoms with Crippen LogP contribution < -0.4 is 5.32 Å². The van der Waals surface area contributed by atoms with E-state index in [-0.39, 0.29) is 12.5 Å². The minimum absolute atomic E-state index is 0.0725. The predicted octanol–water partition coefficient (Wildman–Crippen LogP) is 1.47. The van der Waals surface area contributed by atoms with Crippen molar-refractivity contribution in [3.8, 4) is 5.75 Å². The highest BCUT2D eigenvalue weighted by molar-refractivity contribution is 5.35. The number of aliphatic hydroxyl groups is 1. The third-order valence-corrected chi connectivity index (χ3v) is 3.49. The van der Waals surface area contributed by atoms with Crippen LogP contribution in [0.1, 0.15) is 24.3 Å². The third kappa shape index (κ3) is 2.36. The standard InChI is InChI=1S/C13H19NO2/c15-9-12(10-5-7-14-8-6-10)11-3-1-2-4-13(11)16/h1-4,10,12,14-16H,5-9H2. The summed E-state index contributed by atoms with van der Waals surface area (Å²) in [6.45, 7) is 2.13. The number of phenols is 1. The lowest BCUT2D eigenvalue weighted by Crippen LogP contribution is -2.32. The molecule has 1 unspecified atom stereocenters. The first-order chi connectivity index (χ1) is 7.83. The van der Waals surface area contributed by atoms with Crippen LogP contribution in [0.2, 0.25) is 0 Å². The molecule has 1 aliphatic rings. The van der Waals surface area contributed by atoms with Gasteiger partial charge in [0.25, 0.3) is 0 Å². The second kappa shape index (κ2) is 5.32. The van der Waals surface area contributed by atoms with Crippen LogP contribution in [0.3, 0.4) is 0 Å². The number of para-hydroxylation sites is 1. The molecule has 0 amide bonds. The molecular weight excluding hydrogens is 202 g/mol. The van der Waals surface area contributed by atoms with Crippen molar-refractivity contribution in [3.05, 3.63) is 29.8 Å². The number of hydrogen-bond acceptors (Lipinski definition) is 3. The molecule has 1 fully saturated rings. The van der Waals surface area contributed by atoms with Crippen molar-refractivity contribution in [2.24, 2.45) is 5.92 Å². The Hall–Kier alpha value is -1.06. The van der Waals surface area contributed by atoms with Gasteiger partial charge in [0.05, 0.1) is 6.61 Å². The number of hydrogen-bond donors (Lipinski definition) is 3. The molecule has 0 bridgehead atoms. The molecule has 2 rings (SSSR count). The van der Waals surface area contributed by atoms with Crippen molar-refractivity contribution in [2.45, 2.75) is 18.8 Å². The zero-order valence-corrected chi connectivity index (χ0v) is 9.39. The van der Waals surface area contributed by atoms with Gasteiger partial charge >= 0.3 is 0 Å². The molecule has 0 saturated carbocycles. The first-order valence-electron chi connectivity index (χ1n) is 5.92. The average molecular weight is 221 g/mol. The summed E-state index contributed by atoms with van der Waals surface area (Å²) in [7, 11) is 0. The predicted molar refractivity (Wildman–Crippen MR) is 63.5 cm³/mol. The van der Waals surface area contributed by atoms with Crippen LogP contribution in [0, 0.1) is 5.92 Å². The van der Waals surface area contributed by atoms with Crippen LogP contribution in [-0.2, 0) is 0 Å². The number of benzene rings is 1. The van der Waals surface area contributed by atoms with Gasteiger partial charge in [-0.05, 0) is 43.5 Å². The summed E-state index contributed by atoms with van der Waals surface area (Å²) in [6.07, 6.45) is 2.14. The molecule has 1 saturated heterocycles. The van der Waals surface area contributed by atoms with Crippen LogP contribution in [0.4, 0.5) is 0 Å². The molecule has 0 radical (unpaired) electrons. The van der Waals surface area contributed by atoms with Crippen molar-refractivity contribution < 1.29 is 10.2 Å². The van der Waals surface area contributed by atoms with E-state index in [1.807, 2.05) is 18.2 Å². The van der Waals surface area contributed by atoms with Gasteiger partial charge in [0.1, 0.15) is 5.75 Å². The Morgan fingerprint density at radius 3 is 2.56 bits per heavy atom. The van der Waals surface area contributed by atoms with E-state index < -0.39 is 0 Å². The van der Waals surface area contributed by atoms with Crippen molar-refractivity contribution >= 4 is 0 Å². The zero-order chi connectivity index (χ0) is 11.4. The van der Waals surface area contributed by atoms with Gasteiger partial charge in [0, 0.05) is 5.92 Å². The average Bonchev–Trinajstić information content (AvgIpc) is 2.34. The van der Waals surface area contributed by atoms with E-state index in [0.29, 0.717) is 11.7 Å². The molecule has 88 valence electrons. The number of aliphatic hydroxyl groups excluding tert-OH is 1. The summed E-state index contributed by atoms with van der Waals surface area (Å²) >= 11 is 0. The van der Waals surface area contributed by atoms with Gasteiger partial charge in [-0.1, -0.05) is 18.2 Å². The monoisotopic (exact) mass is 221 g/mol. The SMILES string of the molecule is OCC(c1ccccc1O)C1CCNCC1. The molecule has 1 aliphatic heterocycles. The zero-order valence-electron chi connectivity index (χ0n) is 9.39. The summed E-state index contributed by atoms with van der Waals surface area (Å²) in [4.78, 5) is 0. The van der Waals surface area contributed by atoms with Gasteiger partial charge in [-0.2, -0.15) is 0 Å². The van der Waals surface area contributed by atoms with E-state index in [2.05, 4.69) is 5.32 Å². The molecule has 16 heavy (non-hydrogen) atoms. The van der Waals surface area contributed by atoms with Gasteiger partial charge in [-0.25, -0.2) is 0 Å². The molecule has 0 aliphatic carbocycles. The van der Waals surface area contributed by atoms with Gasteiger partial charge in [-0.3, -0.25) is 0 Å². The van der Waals surface area contributed by atoms with E-state index in [1.165, 1.54) is 0 Å². The number of nitrogens with one attached hydrogen (secondary N) is 1. The highest BCUT2D eigenvalue weighted by Crippen LogP contribution is 2.34. The highest BCUT2D eigenvalue weighted by atomic mass is 16.3. The molecule has 3 heteroatoms. The van der Waals surface area contributed by atoms with Gasteiger partial charge in [0.2, 0.25) is 0 Å². The van der Waals surface area contributed by atoms with E-state index in [1.54, 1.807) is 6.07 Å². The van der Waals surface area contributed by atoms with Gasteiger partial charge in [-0.15, -0.1) is 0 Å². The fourth-order valence-corrected chi connectivity index (χ4v) is 2.55. The number of rotatable bonds is 3. The van der Waals surface area contributed by atoms with Crippen LogP contribution in [0.25, 0.3) is 0 Å². The van der Waals surface area contributed by atoms with Crippen molar-refractivity contribution in [3.63, 3.8) is 0 Å². The summed E-state index contributed by atoms with van der Waals surface area (Å²) in [5.74, 6) is 0.850. The summed E-state index contributed by atoms with van der Waals surface area (Å²) in [5.41, 5.74) is 0.886. The number of phenolic OH excluding ortho intramolecular Hbond substituents is 1. The Balaban J connectivity index is 2.18. The Bertz CT molecular complexity index is 334. The van der Waals surface area contributed by atoms with Gasteiger partial charge in [0.15, 0.2) is 0 Å². The fourth-order valence-electron chi connectivity index (χ4n) is 2.55. The maximum atomic E-state index is 9.82.